The van der Waals surface area contributed by atoms with Crippen LogP contribution in [0, 0.1) is 0 Å². The fourth-order valence-corrected chi connectivity index (χ4v) is 8.74. The van der Waals surface area contributed by atoms with Crippen molar-refractivity contribution in [2.24, 2.45) is 5.16 Å². The normalized spacial score (nSPS) is 21.4. The minimum Gasteiger partial charge on any atom is -0.504 e. The molecule has 3 aliphatic heterocycles. The molecule has 4 aromatic carbocycles. The standard InChI is InChI=1S/C37H34ClN3O3S/c1-43-30-20-28-27(19-29(30)42)33-35(24-9-3-2-4-10-24)39-44-37(33)41(22-32-34(38)26-11-5-6-12-31(26)45-32)36(28)25-15-13-23(14-16-25)21-40-17-7-8-18-40/h2-6,9-16,19-20,33,36-37,42H,7-8,17-18,21-22H2,1H3/t33-,36+,37+/m0/s1. The number of methoxy groups -OCH3 is 1. The fourth-order valence-electron chi connectivity index (χ4n) is 7.24. The van der Waals surface area contributed by atoms with Crippen LogP contribution < -0.4 is 4.74 Å². The van der Waals surface area contributed by atoms with Crippen molar-refractivity contribution in [3.05, 3.63) is 129 Å². The van der Waals surface area contributed by atoms with Crippen LogP contribution in [0.4, 0.5) is 0 Å². The molecule has 1 saturated heterocycles. The van der Waals surface area contributed by atoms with Crippen LogP contribution in [0.25, 0.3) is 10.1 Å². The Morgan fingerprint density at radius 1 is 0.933 bits per heavy atom. The zero-order valence-electron chi connectivity index (χ0n) is 25.0. The van der Waals surface area contributed by atoms with E-state index in [1.807, 2.05) is 36.4 Å². The number of phenolic OH excluding ortho intramolecular Hbond substituents is 1. The van der Waals surface area contributed by atoms with Gasteiger partial charge in [-0.25, -0.2) is 4.90 Å². The maximum Gasteiger partial charge on any atom is 0.194 e. The van der Waals surface area contributed by atoms with E-state index in [9.17, 15) is 5.11 Å². The third-order valence-electron chi connectivity index (χ3n) is 9.41. The van der Waals surface area contributed by atoms with Crippen LogP contribution in [-0.4, -0.2) is 47.0 Å². The number of phenols is 1. The summed E-state index contributed by atoms with van der Waals surface area (Å²) in [4.78, 5) is 12.4. The van der Waals surface area contributed by atoms with Gasteiger partial charge < -0.3 is 14.7 Å². The number of oxime groups is 1. The number of nitrogens with zero attached hydrogens (tertiary/aromatic N) is 3. The Hall–Kier alpha value is -3.88. The predicted octanol–water partition coefficient (Wildman–Crippen LogP) is 8.31. The van der Waals surface area contributed by atoms with Crippen molar-refractivity contribution in [3.8, 4) is 11.5 Å². The number of hydrogen-bond acceptors (Lipinski definition) is 7. The van der Waals surface area contributed by atoms with Gasteiger partial charge in [-0.3, -0.25) is 4.90 Å². The highest BCUT2D eigenvalue weighted by molar-refractivity contribution is 7.19. The smallest absolute Gasteiger partial charge is 0.194 e. The van der Waals surface area contributed by atoms with E-state index in [4.69, 9.17) is 26.3 Å². The molecule has 8 rings (SSSR count). The summed E-state index contributed by atoms with van der Waals surface area (Å²) < 4.78 is 6.83. The lowest BCUT2D eigenvalue weighted by Crippen LogP contribution is -2.46. The first kappa shape index (κ1) is 28.6. The Balaban J connectivity index is 1.27. The van der Waals surface area contributed by atoms with Gasteiger partial charge in [0.2, 0.25) is 0 Å². The van der Waals surface area contributed by atoms with Gasteiger partial charge in [-0.2, -0.15) is 0 Å². The number of hydrogen-bond donors (Lipinski definition) is 1. The van der Waals surface area contributed by atoms with Crippen molar-refractivity contribution in [3.63, 3.8) is 0 Å². The van der Waals surface area contributed by atoms with Crippen molar-refractivity contribution in [2.45, 2.75) is 44.1 Å². The summed E-state index contributed by atoms with van der Waals surface area (Å²) in [6.07, 6.45) is 2.14. The highest BCUT2D eigenvalue weighted by Crippen LogP contribution is 2.51. The second-order valence-corrected chi connectivity index (χ2v) is 13.6. The third-order valence-corrected chi connectivity index (χ3v) is 11.1. The summed E-state index contributed by atoms with van der Waals surface area (Å²) in [5.41, 5.74) is 6.34. The molecular weight excluding hydrogens is 602 g/mol. The molecule has 6 nitrogen and oxygen atoms in total. The predicted molar refractivity (Wildman–Crippen MR) is 180 cm³/mol. The Morgan fingerprint density at radius 2 is 1.69 bits per heavy atom. The Labute approximate surface area is 272 Å². The number of halogens is 1. The van der Waals surface area contributed by atoms with E-state index in [1.54, 1.807) is 18.4 Å². The van der Waals surface area contributed by atoms with E-state index in [0.717, 1.165) is 67.6 Å². The monoisotopic (exact) mass is 635 g/mol. The van der Waals surface area contributed by atoms with Gasteiger partial charge in [0.05, 0.1) is 29.8 Å². The Morgan fingerprint density at radius 3 is 2.44 bits per heavy atom. The largest absolute Gasteiger partial charge is 0.504 e. The molecule has 1 aromatic heterocycles. The van der Waals surface area contributed by atoms with Crippen molar-refractivity contribution in [1.82, 2.24) is 9.80 Å². The lowest BCUT2D eigenvalue weighted by atomic mass is 9.77. The van der Waals surface area contributed by atoms with Crippen molar-refractivity contribution in [2.75, 3.05) is 20.2 Å². The zero-order chi connectivity index (χ0) is 30.5. The summed E-state index contributed by atoms with van der Waals surface area (Å²) >= 11 is 8.79. The molecule has 228 valence electrons. The molecule has 4 heterocycles. The molecule has 5 aromatic rings. The number of rotatable bonds is 7. The lowest BCUT2D eigenvalue weighted by molar-refractivity contribution is -0.0729. The topological polar surface area (TPSA) is 57.5 Å². The molecule has 3 aliphatic rings. The van der Waals surface area contributed by atoms with Crippen LogP contribution in [0.15, 0.2) is 96.2 Å². The second-order valence-electron chi connectivity index (χ2n) is 12.1. The minimum absolute atomic E-state index is 0.107. The first-order valence-corrected chi connectivity index (χ1v) is 16.7. The average molecular weight is 636 g/mol. The molecule has 0 radical (unpaired) electrons. The number of thiophene rings is 1. The van der Waals surface area contributed by atoms with E-state index < -0.39 is 6.23 Å². The SMILES string of the molecule is COc1cc2c(cc1O)[C@H]1C(c3ccccc3)=NO[C@H]1N(Cc1sc3ccccc3c1Cl)[C@@H]2c1ccc(CN2CCCC2)cc1. The van der Waals surface area contributed by atoms with Crippen LogP contribution in [0.1, 0.15) is 57.5 Å². The van der Waals surface area contributed by atoms with Crippen molar-refractivity contribution in [1.29, 1.82) is 0 Å². The highest BCUT2D eigenvalue weighted by Gasteiger charge is 2.49. The molecule has 0 amide bonds. The molecule has 0 aliphatic carbocycles. The first-order valence-electron chi connectivity index (χ1n) is 15.5. The highest BCUT2D eigenvalue weighted by atomic mass is 35.5. The van der Waals surface area contributed by atoms with Gasteiger partial charge in [-0.1, -0.05) is 89.6 Å². The number of likely N-dealkylation sites (tertiary alicyclic amines) is 1. The Kier molecular flexibility index (Phi) is 7.50. The number of aromatic hydroxyl groups is 1. The van der Waals surface area contributed by atoms with E-state index in [1.165, 1.54) is 18.4 Å². The minimum atomic E-state index is -0.406. The van der Waals surface area contributed by atoms with Crippen LogP contribution >= 0.6 is 22.9 Å². The van der Waals surface area contributed by atoms with Crippen LogP contribution in [0.2, 0.25) is 5.02 Å². The van der Waals surface area contributed by atoms with Crippen LogP contribution in [0.3, 0.4) is 0 Å². The van der Waals surface area contributed by atoms with Crippen molar-refractivity contribution < 1.29 is 14.7 Å². The van der Waals surface area contributed by atoms with Gasteiger partial charge in [0.1, 0.15) is 0 Å². The molecule has 0 spiro atoms. The molecule has 0 unspecified atom stereocenters. The molecule has 1 N–H and O–H groups in total. The molecule has 3 atom stereocenters. The zero-order valence-corrected chi connectivity index (χ0v) is 26.6. The third kappa shape index (κ3) is 5.08. The summed E-state index contributed by atoms with van der Waals surface area (Å²) in [5.74, 6) is 0.327. The van der Waals surface area contributed by atoms with E-state index >= 15 is 0 Å². The van der Waals surface area contributed by atoms with Crippen LogP contribution in [0.5, 0.6) is 11.5 Å². The lowest BCUT2D eigenvalue weighted by Gasteiger charge is -2.43. The number of benzene rings is 4. The average Bonchev–Trinajstić information content (AvgIpc) is 3.82. The summed E-state index contributed by atoms with van der Waals surface area (Å²) in [5, 5.41) is 17.6. The molecule has 0 saturated carbocycles. The first-order chi connectivity index (χ1) is 22.1. The van der Waals surface area contributed by atoms with Crippen molar-refractivity contribution >= 4 is 38.7 Å². The number of ether oxygens (including phenoxy) is 1. The second kappa shape index (κ2) is 11.8. The molecular formula is C37H34ClN3O3S. The summed E-state index contributed by atoms with van der Waals surface area (Å²) in [6.45, 7) is 3.86. The van der Waals surface area contributed by atoms with Gasteiger partial charge in [0.15, 0.2) is 17.7 Å². The molecule has 1 fully saturated rings. The summed E-state index contributed by atoms with van der Waals surface area (Å²) in [7, 11) is 1.60. The maximum atomic E-state index is 11.1. The fraction of sp³-hybridized carbons (Fsp3) is 0.270. The van der Waals surface area contributed by atoms with Gasteiger partial charge >= 0.3 is 0 Å². The van der Waals surface area contributed by atoms with Gasteiger partial charge in [-0.15, -0.1) is 11.3 Å². The van der Waals surface area contributed by atoms with E-state index in [-0.39, 0.29) is 17.7 Å². The summed E-state index contributed by atoms with van der Waals surface area (Å²) in [6, 6.07) is 31.1. The van der Waals surface area contributed by atoms with Crippen LogP contribution in [-0.2, 0) is 17.9 Å². The number of fused-ring (bicyclic) bond motifs is 4. The van der Waals surface area contributed by atoms with Gasteiger partial charge in [0.25, 0.3) is 0 Å². The molecule has 8 heteroatoms. The maximum absolute atomic E-state index is 11.1. The van der Waals surface area contributed by atoms with Gasteiger partial charge in [-0.05, 0) is 66.4 Å². The van der Waals surface area contributed by atoms with E-state index in [2.05, 4.69) is 64.4 Å². The molecule has 45 heavy (non-hydrogen) atoms. The van der Waals surface area contributed by atoms with Gasteiger partial charge in [0, 0.05) is 33.6 Å². The van der Waals surface area contributed by atoms with E-state index in [0.29, 0.717) is 12.3 Å². The Bertz CT molecular complexity index is 1890. The molecule has 0 bridgehead atoms. The quantitative estimate of drug-likeness (QED) is 0.195.